The molecule has 1 aromatic heterocycles. The number of carboxylic acid groups (broad SMARTS) is 1. The fourth-order valence-electron chi connectivity index (χ4n) is 13.0. The molecule has 2 fully saturated rings. The van der Waals surface area contributed by atoms with E-state index >= 15 is 14.4 Å². The van der Waals surface area contributed by atoms with E-state index in [4.69, 9.17) is 63.1 Å². The first-order valence-corrected chi connectivity index (χ1v) is 36.7. The lowest BCUT2D eigenvalue weighted by molar-refractivity contribution is -0.325. The highest BCUT2D eigenvalue weighted by Gasteiger charge is 2.52. The van der Waals surface area contributed by atoms with Crippen LogP contribution in [0.1, 0.15) is 104 Å². The van der Waals surface area contributed by atoms with E-state index in [2.05, 4.69) is 47.2 Å². The van der Waals surface area contributed by atoms with E-state index in [1.54, 1.807) is 36.4 Å². The van der Waals surface area contributed by atoms with Gasteiger partial charge in [-0.2, -0.15) is 13.2 Å². The maximum absolute atomic E-state index is 16.2. The normalized spacial score (nSPS) is 28.0. The Bertz CT molecular complexity index is 4640. The van der Waals surface area contributed by atoms with Crippen LogP contribution in [0.15, 0.2) is 96.3 Å². The number of ether oxygens (including phenoxy) is 6. The number of likely N-dealkylation sites (N-methyl/N-ethyl adjacent to an activating group) is 1. The van der Waals surface area contributed by atoms with Crippen molar-refractivity contribution >= 4 is 105 Å². The number of aliphatic hydroxyl groups is 5. The summed E-state index contributed by atoms with van der Waals surface area (Å²) in [5.74, 6) is -17.3. The first-order chi connectivity index (χ1) is 52.3. The highest BCUT2D eigenvalue weighted by molar-refractivity contribution is 14.1. The number of rotatable bonds is 15. The molecule has 20 N–H and O–H groups in total. The highest BCUT2D eigenvalue weighted by Crippen LogP contribution is 2.50. The van der Waals surface area contributed by atoms with E-state index < -0.39 is 268 Å². The Hall–Kier alpha value is -9.21. The van der Waals surface area contributed by atoms with Gasteiger partial charge in [-0.25, -0.2) is 14.8 Å². The highest BCUT2D eigenvalue weighted by atomic mass is 127. The number of carbonyl (C=O) groups is 8. The quantitative estimate of drug-likeness (QED) is 0.0231. The third-order valence-corrected chi connectivity index (χ3v) is 21.2. The third kappa shape index (κ3) is 18.3. The summed E-state index contributed by atoms with van der Waals surface area (Å²) in [6.45, 7) is 5.04. The number of primary amides is 1. The van der Waals surface area contributed by atoms with E-state index in [0.717, 1.165) is 79.0 Å². The second-order valence-corrected chi connectivity index (χ2v) is 30.8. The van der Waals surface area contributed by atoms with Crippen molar-refractivity contribution in [3.8, 4) is 57.1 Å². The molecule has 0 radical (unpaired) electrons. The minimum atomic E-state index is -4.94. The number of aliphatic carboxylic acids is 1. The molecular weight excluding hydrogens is 1650 g/mol. The number of hydrogen-bond donors (Lipinski definition) is 18. The maximum Gasteiger partial charge on any atom is 0.433 e. The molecule has 0 spiro atoms. The summed E-state index contributed by atoms with van der Waals surface area (Å²) in [4.78, 5) is 125. The van der Waals surface area contributed by atoms with Gasteiger partial charge in [0, 0.05) is 41.1 Å². The number of aliphatic hydroxyl groups excluding tert-OH is 5. The number of phenolic OH excluding ortho intramolecular Hbond substituents is 3. The van der Waals surface area contributed by atoms with E-state index in [1.807, 2.05) is 0 Å². The average molecular weight is 1720 g/mol. The van der Waals surface area contributed by atoms with Crippen molar-refractivity contribution in [2.75, 3.05) is 12.8 Å². The van der Waals surface area contributed by atoms with Crippen molar-refractivity contribution in [2.45, 2.75) is 159 Å². The third-order valence-electron chi connectivity index (χ3n) is 18.6. The van der Waals surface area contributed by atoms with E-state index in [0.29, 0.717) is 17.8 Å². The molecule has 111 heavy (non-hydrogen) atoms. The van der Waals surface area contributed by atoms with Gasteiger partial charge in [-0.15, -0.1) is 0 Å². The summed E-state index contributed by atoms with van der Waals surface area (Å²) in [5.41, 5.74) is 7.83. The number of carbonyl (C=O) groups excluding carboxylic acids is 7. The number of alkyl halides is 4. The zero-order valence-electron chi connectivity index (χ0n) is 58.3. The molecule has 41 heteroatoms. The number of hydrogen-bond acceptors (Lipinski definition) is 27. The van der Waals surface area contributed by atoms with Gasteiger partial charge in [0.15, 0.2) is 35.1 Å². The number of benzene rings is 5. The van der Waals surface area contributed by atoms with E-state index in [9.17, 15) is 83.1 Å². The number of thioether (sulfide) groups is 1. The fraction of sp³-hybridized carbons (Fsp3) is 0.400. The molecule has 0 aliphatic carbocycles. The predicted molar refractivity (Wildman–Crippen MR) is 388 cm³/mol. The summed E-state index contributed by atoms with van der Waals surface area (Å²) < 4.78 is 79.5. The van der Waals surface area contributed by atoms with Gasteiger partial charge in [-0.3, -0.25) is 33.6 Å². The molecule has 7 amide bonds. The summed E-state index contributed by atoms with van der Waals surface area (Å²) >= 11 is 16.5. The Morgan fingerprint density at radius 1 is 0.757 bits per heavy atom. The Labute approximate surface area is 654 Å². The molecular formula is C70H73Cl2F3IN11O23S. The second kappa shape index (κ2) is 33.6. The van der Waals surface area contributed by atoms with Gasteiger partial charge in [-0.1, -0.05) is 89.6 Å². The molecule has 7 aliphatic rings. The summed E-state index contributed by atoms with van der Waals surface area (Å²) in [6, 6.07) is -0.878. The van der Waals surface area contributed by atoms with Gasteiger partial charge >= 0.3 is 12.1 Å². The standard InChI is InChI=1S/C70H73Cl2F3IN11O23S/c1-24(2)13-35(79-4)60(97)86-51-53(92)27-6-9-39(33(71)15-27)106-41-17-29-18-42(57(41)110-67-58(109-46-22-69(76,78)59(96)25(3)105-46)56(95)55(94)43(108-67)23-111-68-80-12-11-44(82-68)70(73,74)75)107-40-10-7-28(16-34(40)72)54(93)52-65(102)85-50(66(103)104)32-19-30(88)20-38(90)47(32)31-14-26(5-8-37(31)89)48(62(99)87-52)84-63(100)49(29)83-61(98)36(21-45(77)91)81-64(51)101/h5-12,14-20,24-25,35-36,43,46,48-56,58-59,67,79,88-90,92-96H,13,21-23,78H2,1-4H3,(H2,77,91)(H,81,101)(H,83,98)(H,84,100)(H,85,102)(H,86,97)(H,87,99)(H,103,104)/t25?,35-,36?,43?,46?,48?,49?,50?,51?,52-,53?,54+,55?,56?,58?,59?,67?,69?/m0/s1. The van der Waals surface area contributed by atoms with Crippen LogP contribution in [0.2, 0.25) is 10.0 Å². The average Bonchev–Trinajstić information content (AvgIpc) is 0.767. The largest absolute Gasteiger partial charge is 0.508 e. The minimum absolute atomic E-state index is 0.130. The van der Waals surface area contributed by atoms with Crippen LogP contribution < -0.4 is 62.9 Å². The first kappa shape index (κ1) is 82.7. The van der Waals surface area contributed by atoms with Crippen molar-refractivity contribution in [2.24, 2.45) is 17.4 Å². The molecule has 11 bridgehead atoms. The molecule has 6 aromatic rings. The van der Waals surface area contributed by atoms with E-state index in [-0.39, 0.29) is 29.9 Å². The molecule has 8 heterocycles. The number of carboxylic acids is 1. The lowest BCUT2D eigenvalue weighted by atomic mass is 9.89. The molecule has 5 aromatic carbocycles. The molecule has 2 saturated heterocycles. The fourth-order valence-corrected chi connectivity index (χ4v) is 15.2. The van der Waals surface area contributed by atoms with Crippen LogP contribution in [0.4, 0.5) is 13.2 Å². The molecule has 18 atom stereocenters. The van der Waals surface area contributed by atoms with Crippen molar-refractivity contribution in [1.82, 2.24) is 47.2 Å². The van der Waals surface area contributed by atoms with Crippen molar-refractivity contribution in [3.63, 3.8) is 0 Å². The topological polar surface area (TPSA) is 536 Å². The Morgan fingerprint density at radius 3 is 1.98 bits per heavy atom. The number of amides is 7. The van der Waals surface area contributed by atoms with Gasteiger partial charge in [0.05, 0.1) is 34.7 Å². The van der Waals surface area contributed by atoms with Gasteiger partial charge in [0.2, 0.25) is 53.4 Å². The number of aromatic hydroxyl groups is 3. The number of nitrogens with two attached hydrogens (primary N) is 2. The molecule has 13 rings (SSSR count). The number of fused-ring (bicyclic) bond motifs is 15. The molecule has 7 aliphatic heterocycles. The molecule has 0 saturated carbocycles. The first-order valence-electron chi connectivity index (χ1n) is 33.9. The Kier molecular flexibility index (Phi) is 25.1. The van der Waals surface area contributed by atoms with Crippen LogP contribution in [-0.4, -0.2) is 193 Å². The number of halogens is 6. The number of phenols is 3. The van der Waals surface area contributed by atoms with Crippen LogP contribution in [0.25, 0.3) is 11.1 Å². The number of nitrogens with zero attached hydrogens (tertiary/aromatic N) is 2. The van der Waals surface area contributed by atoms with Crippen LogP contribution >= 0.6 is 57.6 Å². The van der Waals surface area contributed by atoms with Gasteiger partial charge in [-0.05, 0) is 109 Å². The van der Waals surface area contributed by atoms with Crippen molar-refractivity contribution < 1.29 is 126 Å². The maximum atomic E-state index is 16.2. The summed E-state index contributed by atoms with van der Waals surface area (Å²) in [5, 5.41) is 121. The SMILES string of the molecule is CN[C@@H](CC(C)C)C(=O)NC1C(=O)NC(CC(N)=O)C(=O)NC2C(=O)NC3C(=O)N[C@H](C(=O)NC(C(=O)O)c4cc(O)cc(O)c4-c4cc3ccc4O)[C@H](O)c3ccc(c(Cl)c3)Oc3cc2cc(c3OC2OC(CSc3nccc(C(F)(F)F)n3)C(O)C(O)C2OC2CC(N)(I)C(O)C(C)O2)Oc2ccc(cc2Cl)C1O. The van der Waals surface area contributed by atoms with Gasteiger partial charge in [0.1, 0.15) is 98.7 Å². The van der Waals surface area contributed by atoms with Gasteiger partial charge in [0.25, 0.3) is 0 Å². The number of aromatic nitrogens is 2. The zero-order chi connectivity index (χ0) is 80.7. The number of nitrogens with one attached hydrogen (secondary N) is 7. The van der Waals surface area contributed by atoms with Crippen molar-refractivity contribution in [3.05, 3.63) is 135 Å². The van der Waals surface area contributed by atoms with Gasteiger partial charge < -0.3 is 123 Å². The zero-order valence-corrected chi connectivity index (χ0v) is 62.8. The molecule has 15 unspecified atom stereocenters. The minimum Gasteiger partial charge on any atom is -0.508 e. The van der Waals surface area contributed by atoms with Crippen molar-refractivity contribution in [1.29, 1.82) is 0 Å². The van der Waals surface area contributed by atoms with Crippen LogP contribution in [0.5, 0.6) is 46.0 Å². The summed E-state index contributed by atoms with van der Waals surface area (Å²) in [7, 11) is 1.45. The monoisotopic (exact) mass is 1720 g/mol. The Morgan fingerprint density at radius 2 is 1.38 bits per heavy atom. The lowest BCUT2D eigenvalue weighted by Crippen LogP contribution is -2.63. The lowest BCUT2D eigenvalue weighted by Gasteiger charge is -2.46. The van der Waals surface area contributed by atoms with Crippen LogP contribution in [0.3, 0.4) is 0 Å². The predicted octanol–water partition coefficient (Wildman–Crippen LogP) is 3.09. The Balaban J connectivity index is 1.16. The van der Waals surface area contributed by atoms with E-state index in [1.165, 1.54) is 20.0 Å². The second-order valence-electron chi connectivity index (χ2n) is 27.0. The summed E-state index contributed by atoms with van der Waals surface area (Å²) in [6.07, 6.45) is -23.8. The van der Waals surface area contributed by atoms with Crippen LogP contribution in [-0.2, 0) is 58.7 Å². The smallest absolute Gasteiger partial charge is 0.433 e. The van der Waals surface area contributed by atoms with Crippen LogP contribution in [0, 0.1) is 5.92 Å². The molecule has 34 nitrogen and oxygen atoms in total. The molecule has 594 valence electrons.